The number of hydrogen-bond acceptors (Lipinski definition) is 6. The molecule has 8 nitrogen and oxygen atoms in total. The van der Waals surface area contributed by atoms with Gasteiger partial charge in [-0.25, -0.2) is 0 Å². The first-order valence-corrected chi connectivity index (χ1v) is 25.8. The summed E-state index contributed by atoms with van der Waals surface area (Å²) in [5.41, 5.74) is 0. The number of amides is 1. The molecule has 0 aromatic rings. The van der Waals surface area contributed by atoms with E-state index in [9.17, 15) is 19.4 Å². The first kappa shape index (κ1) is 55.5. The van der Waals surface area contributed by atoms with Crippen molar-refractivity contribution in [1.29, 1.82) is 0 Å². The highest BCUT2D eigenvalue weighted by Crippen LogP contribution is 2.38. The molecule has 0 aromatic carbocycles. The average Bonchev–Trinajstić information content (AvgIpc) is 3.15. The van der Waals surface area contributed by atoms with Gasteiger partial charge in [0.25, 0.3) is 7.82 Å². The number of aliphatic hydroxyl groups is 1. The topological polar surface area (TPSA) is 108 Å². The first-order chi connectivity index (χ1) is 27.0. The minimum absolute atomic E-state index is 0.0158. The second-order valence-electron chi connectivity index (χ2n) is 18.2. The molecule has 9 heteroatoms. The lowest BCUT2D eigenvalue weighted by molar-refractivity contribution is -0.870. The standard InChI is InChI=1S/C47H97N2O6P/c1-6-8-10-12-14-16-17-18-19-20-21-22-23-24-25-26-27-28-29-30-31-33-35-37-39-41-47(51)48-45(44-55-56(52,53)54-43-42-49(3,4)5)46(50)40-38-36-34-32-15-13-11-9-7-2/h45-46,50H,6-44H2,1-5H3,(H-,48,51,52,53). The molecule has 0 rings (SSSR count). The van der Waals surface area contributed by atoms with Crippen LogP contribution in [0, 0.1) is 0 Å². The number of nitrogens with one attached hydrogen (secondary N) is 1. The Morgan fingerprint density at radius 1 is 0.554 bits per heavy atom. The quantitative estimate of drug-likeness (QED) is 0.0360. The number of likely N-dealkylation sites (N-methyl/N-ethyl adjacent to an activating group) is 1. The van der Waals surface area contributed by atoms with Crippen molar-refractivity contribution in [3.63, 3.8) is 0 Å². The number of quaternary nitrogens is 1. The van der Waals surface area contributed by atoms with Crippen LogP contribution in [0.4, 0.5) is 0 Å². The molecule has 1 amide bonds. The second-order valence-corrected chi connectivity index (χ2v) is 19.6. The van der Waals surface area contributed by atoms with E-state index in [1.807, 2.05) is 21.1 Å². The molecule has 3 unspecified atom stereocenters. The molecule has 0 fully saturated rings. The molecule has 0 aliphatic carbocycles. The summed E-state index contributed by atoms with van der Waals surface area (Å²) in [4.78, 5) is 25.3. The van der Waals surface area contributed by atoms with E-state index in [-0.39, 0.29) is 19.1 Å². The van der Waals surface area contributed by atoms with Crippen LogP contribution in [0.2, 0.25) is 0 Å². The van der Waals surface area contributed by atoms with Crippen molar-refractivity contribution in [3.8, 4) is 0 Å². The van der Waals surface area contributed by atoms with Gasteiger partial charge in [-0.05, 0) is 12.8 Å². The van der Waals surface area contributed by atoms with Crippen molar-refractivity contribution in [3.05, 3.63) is 0 Å². The highest BCUT2D eigenvalue weighted by atomic mass is 31.2. The Morgan fingerprint density at radius 2 is 0.875 bits per heavy atom. The lowest BCUT2D eigenvalue weighted by Gasteiger charge is -2.30. The van der Waals surface area contributed by atoms with E-state index in [1.165, 1.54) is 180 Å². The summed E-state index contributed by atoms with van der Waals surface area (Å²) >= 11 is 0. The summed E-state index contributed by atoms with van der Waals surface area (Å²) in [5.74, 6) is -0.162. The van der Waals surface area contributed by atoms with E-state index in [1.54, 1.807) is 0 Å². The van der Waals surface area contributed by atoms with Crippen LogP contribution >= 0.6 is 7.82 Å². The third-order valence-electron chi connectivity index (χ3n) is 11.3. The molecule has 0 saturated carbocycles. The van der Waals surface area contributed by atoms with Crippen LogP contribution in [0.1, 0.15) is 245 Å². The zero-order valence-electron chi connectivity index (χ0n) is 38.1. The van der Waals surface area contributed by atoms with Crippen molar-refractivity contribution in [1.82, 2.24) is 5.32 Å². The maximum absolute atomic E-state index is 12.9. The first-order valence-electron chi connectivity index (χ1n) is 24.4. The smallest absolute Gasteiger partial charge is 0.268 e. The number of aliphatic hydroxyl groups excluding tert-OH is 1. The maximum Gasteiger partial charge on any atom is 0.268 e. The van der Waals surface area contributed by atoms with Gasteiger partial charge < -0.3 is 28.8 Å². The molecule has 2 N–H and O–H groups in total. The molecule has 0 radical (unpaired) electrons. The van der Waals surface area contributed by atoms with Gasteiger partial charge in [-0.3, -0.25) is 9.36 Å². The van der Waals surface area contributed by atoms with Crippen LogP contribution in [0.5, 0.6) is 0 Å². The van der Waals surface area contributed by atoms with Gasteiger partial charge in [-0.2, -0.15) is 0 Å². The summed E-state index contributed by atoms with van der Waals surface area (Å²) < 4.78 is 23.2. The summed E-state index contributed by atoms with van der Waals surface area (Å²) in [6.07, 6.45) is 44.2. The summed E-state index contributed by atoms with van der Waals surface area (Å²) in [6.45, 7) is 4.72. The highest BCUT2D eigenvalue weighted by Gasteiger charge is 2.24. The van der Waals surface area contributed by atoms with Crippen molar-refractivity contribution in [2.24, 2.45) is 0 Å². The molecular weight excluding hydrogens is 719 g/mol. The van der Waals surface area contributed by atoms with Crippen molar-refractivity contribution in [2.45, 2.75) is 257 Å². The molecular formula is C47H97N2O6P. The van der Waals surface area contributed by atoms with Gasteiger partial charge in [0.1, 0.15) is 13.2 Å². The molecule has 0 saturated heterocycles. The lowest BCUT2D eigenvalue weighted by atomic mass is 10.0. The van der Waals surface area contributed by atoms with Crippen LogP contribution in [0.3, 0.4) is 0 Å². The fourth-order valence-electron chi connectivity index (χ4n) is 7.45. The fourth-order valence-corrected chi connectivity index (χ4v) is 8.18. The number of unbranched alkanes of at least 4 members (excludes halogenated alkanes) is 32. The average molecular weight is 817 g/mol. The Balaban J connectivity index is 4.03. The predicted molar refractivity (Wildman–Crippen MR) is 238 cm³/mol. The largest absolute Gasteiger partial charge is 0.756 e. The lowest BCUT2D eigenvalue weighted by Crippen LogP contribution is -2.46. The molecule has 0 bridgehead atoms. The predicted octanol–water partition coefficient (Wildman–Crippen LogP) is 13.1. The summed E-state index contributed by atoms with van der Waals surface area (Å²) in [6, 6.07) is -0.792. The Bertz CT molecular complexity index is 885. The third-order valence-corrected chi connectivity index (χ3v) is 12.3. The molecule has 56 heavy (non-hydrogen) atoms. The molecule has 0 spiro atoms. The Morgan fingerprint density at radius 3 is 1.21 bits per heavy atom. The van der Waals surface area contributed by atoms with Crippen LogP contribution in [-0.2, 0) is 18.4 Å². The van der Waals surface area contributed by atoms with E-state index < -0.39 is 20.0 Å². The van der Waals surface area contributed by atoms with E-state index in [2.05, 4.69) is 19.2 Å². The molecule has 0 aliphatic heterocycles. The summed E-state index contributed by atoms with van der Waals surface area (Å²) in [5, 5.41) is 13.9. The zero-order valence-corrected chi connectivity index (χ0v) is 39.0. The molecule has 0 heterocycles. The number of hydrogen-bond donors (Lipinski definition) is 2. The Labute approximate surface area is 349 Å². The van der Waals surface area contributed by atoms with E-state index >= 15 is 0 Å². The van der Waals surface area contributed by atoms with Gasteiger partial charge in [0.15, 0.2) is 0 Å². The van der Waals surface area contributed by atoms with Gasteiger partial charge in [-0.1, -0.05) is 226 Å². The third kappa shape index (κ3) is 41.7. The van der Waals surface area contributed by atoms with Crippen LogP contribution in [-0.4, -0.2) is 68.5 Å². The van der Waals surface area contributed by atoms with Crippen molar-refractivity contribution >= 4 is 13.7 Å². The zero-order chi connectivity index (χ0) is 41.4. The Kier molecular flexibility index (Phi) is 39.6. The second kappa shape index (κ2) is 39.9. The van der Waals surface area contributed by atoms with E-state index in [0.717, 1.165) is 38.5 Å². The van der Waals surface area contributed by atoms with Crippen LogP contribution < -0.4 is 10.2 Å². The summed E-state index contributed by atoms with van der Waals surface area (Å²) in [7, 11) is 1.32. The molecule has 0 aliphatic rings. The normalized spacial score (nSPS) is 14.2. The monoisotopic (exact) mass is 817 g/mol. The fraction of sp³-hybridized carbons (Fsp3) is 0.979. The number of phosphoric ester groups is 1. The van der Waals surface area contributed by atoms with Gasteiger partial charge >= 0.3 is 0 Å². The number of phosphoric acid groups is 1. The van der Waals surface area contributed by atoms with E-state index in [0.29, 0.717) is 23.9 Å². The van der Waals surface area contributed by atoms with Crippen molar-refractivity contribution in [2.75, 3.05) is 40.9 Å². The number of nitrogens with zero attached hydrogens (tertiary/aromatic N) is 1. The van der Waals surface area contributed by atoms with Gasteiger partial charge in [0.05, 0.1) is 39.9 Å². The van der Waals surface area contributed by atoms with Crippen molar-refractivity contribution < 1.29 is 32.9 Å². The molecule has 336 valence electrons. The van der Waals surface area contributed by atoms with E-state index in [4.69, 9.17) is 9.05 Å². The van der Waals surface area contributed by atoms with Gasteiger partial charge in [0, 0.05) is 6.42 Å². The SMILES string of the molecule is CCCCCCCCCCCCCCCCCCCCCCCCCCCC(=O)NC(COP(=O)([O-])OCC[N+](C)(C)C)C(O)CCCCCCCCCCC. The van der Waals surface area contributed by atoms with Crippen LogP contribution in [0.25, 0.3) is 0 Å². The minimum Gasteiger partial charge on any atom is -0.756 e. The highest BCUT2D eigenvalue weighted by molar-refractivity contribution is 7.45. The molecule has 3 atom stereocenters. The number of rotatable bonds is 45. The van der Waals surface area contributed by atoms with Gasteiger partial charge in [-0.15, -0.1) is 0 Å². The van der Waals surface area contributed by atoms with Gasteiger partial charge in [0.2, 0.25) is 5.91 Å². The maximum atomic E-state index is 12.9. The number of carbonyl (C=O) groups is 1. The number of carbonyl (C=O) groups excluding carboxylic acids is 1. The minimum atomic E-state index is -4.55. The molecule has 0 aromatic heterocycles. The van der Waals surface area contributed by atoms with Crippen LogP contribution in [0.15, 0.2) is 0 Å². The Hall–Kier alpha value is -0.500.